The fourth-order valence-corrected chi connectivity index (χ4v) is 1.92. The van der Waals surface area contributed by atoms with E-state index >= 15 is 0 Å². The fourth-order valence-electron chi connectivity index (χ4n) is 1.92. The lowest BCUT2D eigenvalue weighted by atomic mass is 10.1. The Bertz CT molecular complexity index is 621. The first-order valence-electron chi connectivity index (χ1n) is 6.83. The van der Waals surface area contributed by atoms with Gasteiger partial charge in [0, 0.05) is 11.4 Å². The van der Waals surface area contributed by atoms with Gasteiger partial charge in [0.15, 0.2) is 0 Å². The number of amides is 1. The van der Waals surface area contributed by atoms with Gasteiger partial charge in [-0.25, -0.2) is 0 Å². The molecule has 4 heteroatoms. The van der Waals surface area contributed by atoms with E-state index in [0.717, 1.165) is 22.7 Å². The third-order valence-electron chi connectivity index (χ3n) is 3.33. The number of anilines is 2. The van der Waals surface area contributed by atoms with Crippen LogP contribution in [0.5, 0.6) is 5.75 Å². The fraction of sp³-hybridized carbons (Fsp3) is 0.235. The van der Waals surface area contributed by atoms with Gasteiger partial charge in [-0.2, -0.15) is 0 Å². The van der Waals surface area contributed by atoms with E-state index in [1.54, 1.807) is 7.11 Å². The minimum absolute atomic E-state index is 0.0749. The monoisotopic (exact) mass is 284 g/mol. The summed E-state index contributed by atoms with van der Waals surface area (Å²) in [7, 11) is 1.62. The Morgan fingerprint density at radius 3 is 2.29 bits per heavy atom. The van der Waals surface area contributed by atoms with Crippen molar-refractivity contribution in [1.82, 2.24) is 0 Å². The Morgan fingerprint density at radius 1 is 1.00 bits per heavy atom. The first kappa shape index (κ1) is 14.9. The lowest BCUT2D eigenvalue weighted by Crippen LogP contribution is -2.21. The molecule has 21 heavy (non-hydrogen) atoms. The topological polar surface area (TPSA) is 50.4 Å². The van der Waals surface area contributed by atoms with E-state index in [1.165, 1.54) is 5.56 Å². The Kier molecular flexibility index (Phi) is 4.82. The number of aryl methyl sites for hydroxylation is 2. The molecule has 2 aromatic rings. The summed E-state index contributed by atoms with van der Waals surface area (Å²) in [5.74, 6) is 0.717. The van der Waals surface area contributed by atoms with Gasteiger partial charge in [0.05, 0.1) is 13.7 Å². The molecule has 0 saturated heterocycles. The highest BCUT2D eigenvalue weighted by Crippen LogP contribution is 2.16. The molecule has 0 atom stereocenters. The van der Waals surface area contributed by atoms with Crippen LogP contribution >= 0.6 is 0 Å². The van der Waals surface area contributed by atoms with Crippen LogP contribution < -0.4 is 15.4 Å². The number of hydrogen-bond acceptors (Lipinski definition) is 3. The molecule has 0 aliphatic carbocycles. The Hall–Kier alpha value is -2.49. The van der Waals surface area contributed by atoms with E-state index < -0.39 is 0 Å². The minimum Gasteiger partial charge on any atom is -0.497 e. The zero-order valence-corrected chi connectivity index (χ0v) is 12.6. The predicted molar refractivity (Wildman–Crippen MR) is 86.0 cm³/mol. The molecule has 2 aromatic carbocycles. The first-order chi connectivity index (χ1) is 10.1. The summed E-state index contributed by atoms with van der Waals surface area (Å²) in [6, 6.07) is 13.3. The second kappa shape index (κ2) is 6.79. The summed E-state index contributed by atoms with van der Waals surface area (Å²) >= 11 is 0. The molecule has 110 valence electrons. The van der Waals surface area contributed by atoms with Crippen LogP contribution in [-0.4, -0.2) is 19.6 Å². The van der Waals surface area contributed by atoms with Crippen molar-refractivity contribution in [2.45, 2.75) is 13.8 Å². The van der Waals surface area contributed by atoms with Crippen LogP contribution in [0.1, 0.15) is 11.1 Å². The van der Waals surface area contributed by atoms with Gasteiger partial charge in [0.1, 0.15) is 5.75 Å². The van der Waals surface area contributed by atoms with Crippen molar-refractivity contribution in [3.63, 3.8) is 0 Å². The zero-order valence-electron chi connectivity index (χ0n) is 12.6. The van der Waals surface area contributed by atoms with Crippen molar-refractivity contribution in [2.75, 3.05) is 24.3 Å². The van der Waals surface area contributed by atoms with Crippen LogP contribution in [0.15, 0.2) is 42.5 Å². The van der Waals surface area contributed by atoms with Gasteiger partial charge in [0.25, 0.3) is 0 Å². The quantitative estimate of drug-likeness (QED) is 0.885. The molecule has 1 amide bonds. The smallest absolute Gasteiger partial charge is 0.243 e. The standard InChI is InChI=1S/C17H20N2O2/c1-12-4-5-15(10-13(12)2)19-17(20)11-18-14-6-8-16(21-3)9-7-14/h4-10,18H,11H2,1-3H3,(H,19,20). The highest BCUT2D eigenvalue weighted by Gasteiger charge is 2.03. The molecule has 0 fully saturated rings. The normalized spacial score (nSPS) is 10.0. The molecule has 0 unspecified atom stereocenters. The Balaban J connectivity index is 1.87. The molecule has 0 bridgehead atoms. The van der Waals surface area contributed by atoms with Crippen molar-refractivity contribution in [2.24, 2.45) is 0 Å². The van der Waals surface area contributed by atoms with E-state index in [9.17, 15) is 4.79 Å². The molecular weight excluding hydrogens is 264 g/mol. The molecule has 0 heterocycles. The van der Waals surface area contributed by atoms with E-state index in [4.69, 9.17) is 4.74 Å². The number of benzene rings is 2. The molecule has 0 aromatic heterocycles. The molecular formula is C17H20N2O2. The van der Waals surface area contributed by atoms with Crippen molar-refractivity contribution in [1.29, 1.82) is 0 Å². The lowest BCUT2D eigenvalue weighted by molar-refractivity contribution is -0.114. The van der Waals surface area contributed by atoms with Crippen LogP contribution in [0.4, 0.5) is 11.4 Å². The number of carbonyl (C=O) groups excluding carboxylic acids is 1. The summed E-state index contributed by atoms with van der Waals surface area (Å²) in [6.45, 7) is 4.30. The number of nitrogens with one attached hydrogen (secondary N) is 2. The molecule has 0 saturated carbocycles. The summed E-state index contributed by atoms with van der Waals surface area (Å²) in [5, 5.41) is 5.95. The van der Waals surface area contributed by atoms with E-state index in [0.29, 0.717) is 0 Å². The third kappa shape index (κ3) is 4.24. The van der Waals surface area contributed by atoms with Crippen LogP contribution in [-0.2, 0) is 4.79 Å². The van der Waals surface area contributed by atoms with Gasteiger partial charge in [-0.05, 0) is 61.4 Å². The van der Waals surface area contributed by atoms with Crippen molar-refractivity contribution in [3.8, 4) is 5.75 Å². The predicted octanol–water partition coefficient (Wildman–Crippen LogP) is 3.36. The highest BCUT2D eigenvalue weighted by atomic mass is 16.5. The summed E-state index contributed by atoms with van der Waals surface area (Å²) < 4.78 is 5.09. The van der Waals surface area contributed by atoms with Crippen molar-refractivity contribution < 1.29 is 9.53 Å². The Morgan fingerprint density at radius 2 is 1.67 bits per heavy atom. The first-order valence-corrected chi connectivity index (χ1v) is 6.83. The highest BCUT2D eigenvalue weighted by molar-refractivity contribution is 5.93. The van der Waals surface area contributed by atoms with Gasteiger partial charge >= 0.3 is 0 Å². The van der Waals surface area contributed by atoms with Crippen LogP contribution in [0.2, 0.25) is 0 Å². The zero-order chi connectivity index (χ0) is 15.2. The van der Waals surface area contributed by atoms with Gasteiger partial charge in [0.2, 0.25) is 5.91 Å². The number of hydrogen-bond donors (Lipinski definition) is 2. The van der Waals surface area contributed by atoms with Gasteiger partial charge in [-0.3, -0.25) is 4.79 Å². The maximum atomic E-state index is 11.9. The number of rotatable bonds is 5. The maximum absolute atomic E-state index is 11.9. The van der Waals surface area contributed by atoms with Crippen molar-refractivity contribution in [3.05, 3.63) is 53.6 Å². The number of methoxy groups -OCH3 is 1. The largest absolute Gasteiger partial charge is 0.497 e. The molecule has 0 radical (unpaired) electrons. The molecule has 2 rings (SSSR count). The van der Waals surface area contributed by atoms with Gasteiger partial charge < -0.3 is 15.4 Å². The minimum atomic E-state index is -0.0749. The van der Waals surface area contributed by atoms with Gasteiger partial charge in [-0.1, -0.05) is 6.07 Å². The molecule has 0 aliphatic rings. The van der Waals surface area contributed by atoms with Gasteiger partial charge in [-0.15, -0.1) is 0 Å². The third-order valence-corrected chi connectivity index (χ3v) is 3.33. The van der Waals surface area contributed by atoms with Crippen LogP contribution in [0.25, 0.3) is 0 Å². The van der Waals surface area contributed by atoms with Crippen LogP contribution in [0, 0.1) is 13.8 Å². The second-order valence-corrected chi connectivity index (χ2v) is 4.93. The second-order valence-electron chi connectivity index (χ2n) is 4.93. The average Bonchev–Trinajstić information content (AvgIpc) is 2.49. The maximum Gasteiger partial charge on any atom is 0.243 e. The summed E-state index contributed by atoms with van der Waals surface area (Å²) in [5.41, 5.74) is 4.07. The summed E-state index contributed by atoms with van der Waals surface area (Å²) in [4.78, 5) is 11.9. The van der Waals surface area contributed by atoms with Crippen LogP contribution in [0.3, 0.4) is 0 Å². The van der Waals surface area contributed by atoms with E-state index in [1.807, 2.05) is 56.3 Å². The molecule has 2 N–H and O–H groups in total. The molecule has 4 nitrogen and oxygen atoms in total. The number of ether oxygens (including phenoxy) is 1. The molecule has 0 aliphatic heterocycles. The van der Waals surface area contributed by atoms with Crippen molar-refractivity contribution >= 4 is 17.3 Å². The number of carbonyl (C=O) groups is 1. The molecule has 0 spiro atoms. The SMILES string of the molecule is COc1ccc(NCC(=O)Nc2ccc(C)c(C)c2)cc1. The average molecular weight is 284 g/mol. The van der Waals surface area contributed by atoms with E-state index in [-0.39, 0.29) is 12.5 Å². The summed E-state index contributed by atoms with van der Waals surface area (Å²) in [6.07, 6.45) is 0. The lowest BCUT2D eigenvalue weighted by Gasteiger charge is -2.09. The Labute approximate surface area is 125 Å². The van der Waals surface area contributed by atoms with E-state index in [2.05, 4.69) is 10.6 Å².